The van der Waals surface area contributed by atoms with Crippen LogP contribution in [-0.2, 0) is 0 Å². The molecule has 2 N–H and O–H groups in total. The Morgan fingerprint density at radius 1 is 1.29 bits per heavy atom. The van der Waals surface area contributed by atoms with E-state index in [0.29, 0.717) is 21.5 Å². The van der Waals surface area contributed by atoms with Crippen molar-refractivity contribution in [1.29, 1.82) is 0 Å². The van der Waals surface area contributed by atoms with Gasteiger partial charge in [-0.15, -0.1) is 0 Å². The molecule has 2 aromatic carbocycles. The molecule has 0 saturated heterocycles. The van der Waals surface area contributed by atoms with Crippen LogP contribution in [0.4, 0.5) is 10.1 Å². The van der Waals surface area contributed by atoms with E-state index in [4.69, 9.17) is 5.73 Å². The molecule has 0 aliphatic heterocycles. The van der Waals surface area contributed by atoms with Crippen LogP contribution in [0.5, 0.6) is 0 Å². The highest BCUT2D eigenvalue weighted by atomic mass is 79.9. The van der Waals surface area contributed by atoms with Gasteiger partial charge >= 0.3 is 0 Å². The molecule has 0 heterocycles. The van der Waals surface area contributed by atoms with Crippen molar-refractivity contribution in [2.45, 2.75) is 26.2 Å². The number of ketones is 1. The smallest absolute Gasteiger partial charge is 0.194 e. The van der Waals surface area contributed by atoms with Crippen molar-refractivity contribution < 1.29 is 9.18 Å². The van der Waals surface area contributed by atoms with Crippen LogP contribution < -0.4 is 5.73 Å². The number of anilines is 1. The number of benzene rings is 2. The Morgan fingerprint density at radius 2 is 1.90 bits per heavy atom. The molecule has 0 aromatic heterocycles. The number of rotatable bonds is 4. The van der Waals surface area contributed by atoms with Gasteiger partial charge in [-0.2, -0.15) is 0 Å². The quantitative estimate of drug-likeness (QED) is 0.629. The maximum atomic E-state index is 13.3. The number of hydrogen-bond donors (Lipinski definition) is 1. The van der Waals surface area contributed by atoms with Crippen LogP contribution in [0.2, 0.25) is 0 Å². The maximum absolute atomic E-state index is 13.3. The number of halogens is 2. The number of carbonyl (C=O) groups is 1. The van der Waals surface area contributed by atoms with Crippen molar-refractivity contribution >= 4 is 27.4 Å². The summed E-state index contributed by atoms with van der Waals surface area (Å²) >= 11 is 3.21. The number of nitrogens with two attached hydrogens (primary N) is 1. The van der Waals surface area contributed by atoms with Gasteiger partial charge in [-0.05, 0) is 46.0 Å². The molecule has 0 spiro atoms. The second-order valence-electron chi connectivity index (χ2n) is 5.11. The molecule has 0 bridgehead atoms. The predicted molar refractivity (Wildman–Crippen MR) is 87.1 cm³/mol. The van der Waals surface area contributed by atoms with Crippen LogP contribution in [0.3, 0.4) is 0 Å². The van der Waals surface area contributed by atoms with Crippen molar-refractivity contribution in [2.24, 2.45) is 0 Å². The average Bonchev–Trinajstić information content (AvgIpc) is 2.49. The van der Waals surface area contributed by atoms with E-state index in [9.17, 15) is 9.18 Å². The third kappa shape index (κ3) is 3.32. The van der Waals surface area contributed by atoms with E-state index in [-0.39, 0.29) is 11.5 Å². The molecule has 1 atom stereocenters. The summed E-state index contributed by atoms with van der Waals surface area (Å²) in [6, 6.07) is 10.1. The first kappa shape index (κ1) is 15.7. The van der Waals surface area contributed by atoms with Gasteiger partial charge in [0.25, 0.3) is 0 Å². The lowest BCUT2D eigenvalue weighted by Crippen LogP contribution is -2.05. The minimum Gasteiger partial charge on any atom is -0.396 e. The van der Waals surface area contributed by atoms with Gasteiger partial charge in [0.2, 0.25) is 0 Å². The fourth-order valence-electron chi connectivity index (χ4n) is 2.09. The molecule has 21 heavy (non-hydrogen) atoms. The van der Waals surface area contributed by atoms with Crippen LogP contribution in [0.25, 0.3) is 0 Å². The average molecular weight is 350 g/mol. The molecule has 0 aliphatic rings. The summed E-state index contributed by atoms with van der Waals surface area (Å²) in [5.41, 5.74) is 7.64. The largest absolute Gasteiger partial charge is 0.396 e. The highest BCUT2D eigenvalue weighted by molar-refractivity contribution is 9.10. The van der Waals surface area contributed by atoms with E-state index < -0.39 is 5.82 Å². The summed E-state index contributed by atoms with van der Waals surface area (Å²) < 4.78 is 13.7. The Balaban J connectivity index is 2.34. The van der Waals surface area contributed by atoms with E-state index in [2.05, 4.69) is 29.8 Å². The zero-order chi connectivity index (χ0) is 15.6. The summed E-state index contributed by atoms with van der Waals surface area (Å²) in [6.45, 7) is 4.27. The molecule has 0 radical (unpaired) electrons. The fraction of sp³-hybridized carbons (Fsp3) is 0.235. The lowest BCUT2D eigenvalue weighted by atomic mass is 9.95. The SMILES string of the molecule is CCC(C)c1ccc(C(=O)c2cc(N)c(F)cc2Br)cc1. The number of hydrogen-bond acceptors (Lipinski definition) is 2. The van der Waals surface area contributed by atoms with Crippen molar-refractivity contribution in [3.05, 3.63) is 63.4 Å². The van der Waals surface area contributed by atoms with Gasteiger partial charge in [-0.1, -0.05) is 38.1 Å². The van der Waals surface area contributed by atoms with Crippen LogP contribution in [-0.4, -0.2) is 5.78 Å². The molecule has 0 saturated carbocycles. The van der Waals surface area contributed by atoms with Gasteiger partial charge in [0.05, 0.1) is 5.69 Å². The van der Waals surface area contributed by atoms with E-state index in [0.717, 1.165) is 6.42 Å². The third-order valence-corrected chi connectivity index (χ3v) is 4.34. The normalized spacial score (nSPS) is 12.2. The van der Waals surface area contributed by atoms with Gasteiger partial charge in [0, 0.05) is 15.6 Å². The van der Waals surface area contributed by atoms with Gasteiger partial charge in [-0.3, -0.25) is 4.79 Å². The molecule has 1 unspecified atom stereocenters. The highest BCUT2D eigenvalue weighted by Gasteiger charge is 2.15. The maximum Gasteiger partial charge on any atom is 0.194 e. The molecular formula is C17H17BrFNO. The summed E-state index contributed by atoms with van der Waals surface area (Å²) in [7, 11) is 0. The van der Waals surface area contributed by atoms with Gasteiger partial charge in [-0.25, -0.2) is 4.39 Å². The van der Waals surface area contributed by atoms with Crippen LogP contribution in [0.15, 0.2) is 40.9 Å². The molecule has 4 heteroatoms. The molecule has 0 fully saturated rings. The summed E-state index contributed by atoms with van der Waals surface area (Å²) in [5.74, 6) is -0.253. The van der Waals surface area contributed by atoms with Crippen molar-refractivity contribution in [3.8, 4) is 0 Å². The summed E-state index contributed by atoms with van der Waals surface area (Å²) in [4.78, 5) is 12.5. The fourth-order valence-corrected chi connectivity index (χ4v) is 2.59. The Kier molecular flexibility index (Phi) is 4.78. The van der Waals surface area contributed by atoms with Crippen LogP contribution in [0.1, 0.15) is 47.7 Å². The van der Waals surface area contributed by atoms with E-state index in [1.165, 1.54) is 17.7 Å². The minimum absolute atomic E-state index is 0.0298. The topological polar surface area (TPSA) is 43.1 Å². The monoisotopic (exact) mass is 349 g/mol. The first-order valence-corrected chi connectivity index (χ1v) is 7.62. The molecule has 110 valence electrons. The molecule has 2 nitrogen and oxygen atoms in total. The van der Waals surface area contributed by atoms with Gasteiger partial charge in [0.15, 0.2) is 5.78 Å². The Labute approximate surface area is 132 Å². The van der Waals surface area contributed by atoms with Gasteiger partial charge < -0.3 is 5.73 Å². The Hall–Kier alpha value is -1.68. The molecule has 2 rings (SSSR count). The van der Waals surface area contributed by atoms with Crippen LogP contribution >= 0.6 is 15.9 Å². The zero-order valence-electron chi connectivity index (χ0n) is 12.0. The lowest BCUT2D eigenvalue weighted by Gasteiger charge is -2.10. The molecule has 0 amide bonds. The van der Waals surface area contributed by atoms with Crippen molar-refractivity contribution in [3.63, 3.8) is 0 Å². The van der Waals surface area contributed by atoms with E-state index in [1.807, 2.05) is 12.1 Å². The Morgan fingerprint density at radius 3 is 2.48 bits per heavy atom. The third-order valence-electron chi connectivity index (χ3n) is 3.69. The zero-order valence-corrected chi connectivity index (χ0v) is 13.6. The second kappa shape index (κ2) is 6.39. The predicted octanol–water partition coefficient (Wildman–Crippen LogP) is 4.91. The van der Waals surface area contributed by atoms with Crippen molar-refractivity contribution in [1.82, 2.24) is 0 Å². The first-order chi connectivity index (χ1) is 9.93. The van der Waals surface area contributed by atoms with E-state index in [1.54, 1.807) is 12.1 Å². The molecule has 0 aliphatic carbocycles. The highest BCUT2D eigenvalue weighted by Crippen LogP contribution is 2.26. The molecule has 2 aromatic rings. The van der Waals surface area contributed by atoms with E-state index >= 15 is 0 Å². The summed E-state index contributed by atoms with van der Waals surface area (Å²) in [6.07, 6.45) is 1.05. The number of nitrogen functional groups attached to an aromatic ring is 1. The standard InChI is InChI=1S/C17H17BrFNO/c1-3-10(2)11-4-6-12(7-5-11)17(21)13-8-16(20)15(19)9-14(13)18/h4-10H,3,20H2,1-2H3. The molecular weight excluding hydrogens is 333 g/mol. The lowest BCUT2D eigenvalue weighted by molar-refractivity contribution is 0.103. The first-order valence-electron chi connectivity index (χ1n) is 6.83. The summed E-state index contributed by atoms with van der Waals surface area (Å²) in [5, 5.41) is 0. The van der Waals surface area contributed by atoms with Crippen LogP contribution in [0, 0.1) is 5.82 Å². The minimum atomic E-state index is -0.537. The van der Waals surface area contributed by atoms with Gasteiger partial charge in [0.1, 0.15) is 5.82 Å². The van der Waals surface area contributed by atoms with Crippen molar-refractivity contribution in [2.75, 3.05) is 5.73 Å². The Bertz CT molecular complexity index is 667. The number of carbonyl (C=O) groups excluding carboxylic acids is 1. The second-order valence-corrected chi connectivity index (χ2v) is 5.97.